The number of hydrogen-bond acceptors (Lipinski definition) is 4. The number of carbonyl (C=O) groups is 1. The fourth-order valence-electron chi connectivity index (χ4n) is 1.30. The average Bonchev–Trinajstić information content (AvgIpc) is 2.40. The van der Waals surface area contributed by atoms with Crippen LogP contribution >= 0.6 is 0 Å². The van der Waals surface area contributed by atoms with Gasteiger partial charge in [-0.3, -0.25) is 14.8 Å². The highest BCUT2D eigenvalue weighted by Gasteiger charge is 2.01. The van der Waals surface area contributed by atoms with Gasteiger partial charge in [0, 0.05) is 38.3 Å². The van der Waals surface area contributed by atoms with Crippen LogP contribution in [0.4, 0.5) is 5.69 Å². The maximum absolute atomic E-state index is 11.1. The molecule has 98 valence electrons. The summed E-state index contributed by atoms with van der Waals surface area (Å²) in [5.74, 6) is 5.69. The van der Waals surface area contributed by atoms with E-state index in [4.69, 9.17) is 5.73 Å². The molecule has 0 aliphatic carbocycles. The zero-order chi connectivity index (χ0) is 14.3. The van der Waals surface area contributed by atoms with E-state index in [1.165, 1.54) is 13.1 Å². The number of carbonyl (C=O) groups excluding carboxylic acids is 1. The highest BCUT2D eigenvalue weighted by molar-refractivity contribution is 6.02. The van der Waals surface area contributed by atoms with E-state index in [1.54, 1.807) is 25.5 Å². The molecule has 0 bridgehead atoms. The number of aromatic nitrogens is 1. The van der Waals surface area contributed by atoms with Crippen LogP contribution in [0.5, 0.6) is 0 Å². The van der Waals surface area contributed by atoms with Gasteiger partial charge in [0.2, 0.25) is 5.91 Å². The Bertz CT molecular complexity index is 591. The zero-order valence-corrected chi connectivity index (χ0v) is 11.2. The van der Waals surface area contributed by atoms with Crippen molar-refractivity contribution in [1.82, 2.24) is 4.98 Å². The summed E-state index contributed by atoms with van der Waals surface area (Å²) in [7, 11) is 1.67. The molecular weight excluding hydrogens is 240 g/mol. The summed E-state index contributed by atoms with van der Waals surface area (Å²) < 4.78 is 0. The van der Waals surface area contributed by atoms with Gasteiger partial charge in [0.25, 0.3) is 0 Å². The number of pyridine rings is 1. The first-order chi connectivity index (χ1) is 9.08. The second-order valence-corrected chi connectivity index (χ2v) is 3.74. The van der Waals surface area contributed by atoms with Gasteiger partial charge < -0.3 is 11.1 Å². The Balaban J connectivity index is 3.10. The quantitative estimate of drug-likeness (QED) is 0.618. The first-order valence-electron chi connectivity index (χ1n) is 5.67. The Morgan fingerprint density at radius 1 is 1.53 bits per heavy atom. The van der Waals surface area contributed by atoms with E-state index < -0.39 is 0 Å². The molecule has 0 saturated carbocycles. The van der Waals surface area contributed by atoms with Crippen LogP contribution in [0.3, 0.4) is 0 Å². The molecule has 1 aromatic heterocycles. The minimum atomic E-state index is -0.157. The van der Waals surface area contributed by atoms with Gasteiger partial charge in [0.05, 0.1) is 16.8 Å². The molecule has 0 aliphatic heterocycles. The first-order valence-corrected chi connectivity index (χ1v) is 5.67. The number of allylic oxidation sites excluding steroid dienone is 1. The van der Waals surface area contributed by atoms with Crippen LogP contribution in [-0.2, 0) is 4.79 Å². The number of hydrogen-bond donors (Lipinski definition) is 2. The molecule has 19 heavy (non-hydrogen) atoms. The average molecular weight is 256 g/mol. The number of nitrogens with two attached hydrogens (primary N) is 1. The maximum atomic E-state index is 11.1. The maximum Gasteiger partial charge on any atom is 0.221 e. The number of amides is 1. The van der Waals surface area contributed by atoms with Gasteiger partial charge in [0.1, 0.15) is 0 Å². The molecule has 1 amide bonds. The third kappa shape index (κ3) is 4.28. The summed E-state index contributed by atoms with van der Waals surface area (Å²) in [4.78, 5) is 19.1. The second kappa shape index (κ2) is 6.97. The molecule has 5 heteroatoms. The Labute approximate surface area is 112 Å². The van der Waals surface area contributed by atoms with Crippen molar-refractivity contribution < 1.29 is 4.79 Å². The van der Waals surface area contributed by atoms with E-state index in [0.717, 1.165) is 5.71 Å². The van der Waals surface area contributed by atoms with E-state index in [-0.39, 0.29) is 5.91 Å². The lowest BCUT2D eigenvalue weighted by Gasteiger charge is -2.03. The molecule has 0 radical (unpaired) electrons. The molecule has 0 aliphatic rings. The number of aliphatic imine (C=N–C) groups is 1. The normalized spacial score (nSPS) is 11.5. The van der Waals surface area contributed by atoms with Gasteiger partial charge in [0.15, 0.2) is 0 Å². The van der Waals surface area contributed by atoms with Gasteiger partial charge >= 0.3 is 0 Å². The second-order valence-electron chi connectivity index (χ2n) is 3.74. The van der Waals surface area contributed by atoms with Crippen LogP contribution in [0.15, 0.2) is 35.2 Å². The fraction of sp³-hybridized carbons (Fsp3) is 0.214. The van der Waals surface area contributed by atoms with Crippen LogP contribution in [-0.4, -0.2) is 23.7 Å². The topological polar surface area (TPSA) is 80.4 Å². The van der Waals surface area contributed by atoms with E-state index >= 15 is 0 Å². The molecule has 1 rings (SSSR count). The summed E-state index contributed by atoms with van der Waals surface area (Å²) in [5.41, 5.74) is 8.14. The van der Waals surface area contributed by atoms with Gasteiger partial charge in [-0.15, -0.1) is 0 Å². The predicted molar refractivity (Wildman–Crippen MR) is 76.7 cm³/mol. The molecule has 0 fully saturated rings. The van der Waals surface area contributed by atoms with Crippen molar-refractivity contribution in [3.8, 4) is 11.8 Å². The summed E-state index contributed by atoms with van der Waals surface area (Å²) in [6.07, 6.45) is 4.59. The van der Waals surface area contributed by atoms with Crippen molar-refractivity contribution in [1.29, 1.82) is 0 Å². The Morgan fingerprint density at radius 2 is 2.26 bits per heavy atom. The first kappa shape index (κ1) is 14.5. The number of nitrogens with zero attached hydrogens (tertiary/aromatic N) is 2. The van der Waals surface area contributed by atoms with E-state index in [2.05, 4.69) is 27.1 Å². The lowest BCUT2D eigenvalue weighted by Crippen LogP contribution is -2.07. The largest absolute Gasteiger partial charge is 0.404 e. The molecule has 5 nitrogen and oxygen atoms in total. The minimum Gasteiger partial charge on any atom is -0.404 e. The van der Waals surface area contributed by atoms with E-state index in [9.17, 15) is 4.79 Å². The standard InChI is InChI=1S/C14H16N4O/c1-10(16-3)12(8-15)4-5-13-9-17-7-6-14(13)18-11(2)19/h6-9H,15H2,1-3H3,(H,17,18,19)/b12-8-,16-10?. The Hall–Kier alpha value is -2.61. The third-order valence-electron chi connectivity index (χ3n) is 2.36. The highest BCUT2D eigenvalue weighted by atomic mass is 16.1. The molecular formula is C14H16N4O. The van der Waals surface area contributed by atoms with E-state index in [1.807, 2.05) is 6.92 Å². The number of nitrogens with one attached hydrogen (secondary N) is 1. The van der Waals surface area contributed by atoms with E-state index in [0.29, 0.717) is 16.8 Å². The third-order valence-corrected chi connectivity index (χ3v) is 2.36. The molecule has 3 N–H and O–H groups in total. The molecule has 0 atom stereocenters. The zero-order valence-electron chi connectivity index (χ0n) is 11.2. The monoisotopic (exact) mass is 256 g/mol. The number of rotatable bonds is 2. The fourth-order valence-corrected chi connectivity index (χ4v) is 1.30. The Kier molecular flexibility index (Phi) is 5.30. The summed E-state index contributed by atoms with van der Waals surface area (Å²) >= 11 is 0. The minimum absolute atomic E-state index is 0.157. The van der Waals surface area contributed by atoms with Crippen LogP contribution in [0.1, 0.15) is 19.4 Å². The van der Waals surface area contributed by atoms with Crippen molar-refractivity contribution in [3.63, 3.8) is 0 Å². The lowest BCUT2D eigenvalue weighted by molar-refractivity contribution is -0.114. The molecule has 0 saturated heterocycles. The number of anilines is 1. The van der Waals surface area contributed by atoms with Crippen LogP contribution < -0.4 is 11.1 Å². The predicted octanol–water partition coefficient (Wildman–Crippen LogP) is 1.32. The molecule has 0 spiro atoms. The van der Waals surface area contributed by atoms with Crippen molar-refractivity contribution >= 4 is 17.3 Å². The van der Waals surface area contributed by atoms with Crippen LogP contribution in [0.2, 0.25) is 0 Å². The van der Waals surface area contributed by atoms with Gasteiger partial charge in [-0.05, 0) is 13.0 Å². The van der Waals surface area contributed by atoms with Gasteiger partial charge in [-0.2, -0.15) is 0 Å². The van der Waals surface area contributed by atoms with Crippen molar-refractivity contribution in [2.24, 2.45) is 10.7 Å². The summed E-state index contributed by atoms with van der Waals surface area (Å²) in [5, 5.41) is 2.70. The lowest BCUT2D eigenvalue weighted by atomic mass is 10.1. The molecule has 1 heterocycles. The van der Waals surface area contributed by atoms with Crippen molar-refractivity contribution in [2.45, 2.75) is 13.8 Å². The summed E-state index contributed by atoms with van der Waals surface area (Å²) in [6.45, 7) is 3.27. The summed E-state index contributed by atoms with van der Waals surface area (Å²) in [6, 6.07) is 1.69. The van der Waals surface area contributed by atoms with Gasteiger partial charge in [-0.25, -0.2) is 0 Å². The molecule has 0 aromatic carbocycles. The smallest absolute Gasteiger partial charge is 0.221 e. The van der Waals surface area contributed by atoms with Crippen molar-refractivity contribution in [2.75, 3.05) is 12.4 Å². The van der Waals surface area contributed by atoms with Gasteiger partial charge in [-0.1, -0.05) is 11.8 Å². The van der Waals surface area contributed by atoms with Crippen molar-refractivity contribution in [3.05, 3.63) is 35.8 Å². The molecule has 0 unspecified atom stereocenters. The SMILES string of the molecule is CN=C(C)/C(C#Cc1cnccc1NC(C)=O)=C\N. The van der Waals surface area contributed by atoms with Crippen LogP contribution in [0, 0.1) is 11.8 Å². The Morgan fingerprint density at radius 3 is 2.84 bits per heavy atom. The van der Waals surface area contributed by atoms with Crippen LogP contribution in [0.25, 0.3) is 0 Å². The molecule has 1 aromatic rings. The highest BCUT2D eigenvalue weighted by Crippen LogP contribution is 2.12.